The summed E-state index contributed by atoms with van der Waals surface area (Å²) in [4.78, 5) is 52.7. The molecule has 0 spiro atoms. The van der Waals surface area contributed by atoms with Crippen LogP contribution in [0.4, 0.5) is 0 Å². The van der Waals surface area contributed by atoms with E-state index >= 15 is 0 Å². The summed E-state index contributed by atoms with van der Waals surface area (Å²) >= 11 is 0. The Kier molecular flexibility index (Phi) is 6.58. The smallest absolute Gasteiger partial charge is 0.326 e. The van der Waals surface area contributed by atoms with Crippen LogP contribution in [0.1, 0.15) is 52.0 Å². The molecular weight excluding hydrogens is 384 g/mol. The van der Waals surface area contributed by atoms with Gasteiger partial charge in [0.25, 0.3) is 5.91 Å². The highest BCUT2D eigenvalue weighted by atomic mass is 16.5. The first kappa shape index (κ1) is 22.0. The molecule has 162 valence electrons. The van der Waals surface area contributed by atoms with Gasteiger partial charge in [-0.2, -0.15) is 0 Å². The number of amides is 3. The van der Waals surface area contributed by atoms with Gasteiger partial charge >= 0.3 is 5.97 Å². The molecule has 0 N–H and O–H groups in total. The van der Waals surface area contributed by atoms with Crippen molar-refractivity contribution < 1.29 is 23.9 Å². The Morgan fingerprint density at radius 1 is 1.03 bits per heavy atom. The van der Waals surface area contributed by atoms with Crippen molar-refractivity contribution >= 4 is 23.7 Å². The third kappa shape index (κ3) is 4.89. The fraction of sp³-hybridized carbons (Fsp3) is 0.565. The summed E-state index contributed by atoms with van der Waals surface area (Å²) in [5, 5.41) is 0. The highest BCUT2D eigenvalue weighted by Gasteiger charge is 2.48. The minimum absolute atomic E-state index is 0.284. The number of rotatable bonds is 6. The molecule has 1 aromatic rings. The van der Waals surface area contributed by atoms with Crippen LogP contribution < -0.4 is 0 Å². The molecule has 2 fully saturated rings. The van der Waals surface area contributed by atoms with Crippen LogP contribution in [0.15, 0.2) is 30.3 Å². The average Bonchev–Trinajstić information content (AvgIpc) is 2.95. The van der Waals surface area contributed by atoms with Crippen LogP contribution in [0.25, 0.3) is 0 Å². The number of likely N-dealkylation sites (tertiary alicyclic amines) is 1. The molecule has 3 amide bonds. The van der Waals surface area contributed by atoms with Crippen LogP contribution in [-0.2, 0) is 30.5 Å². The van der Waals surface area contributed by atoms with Crippen molar-refractivity contribution in [3.8, 4) is 0 Å². The van der Waals surface area contributed by atoms with Crippen molar-refractivity contribution in [2.24, 2.45) is 11.8 Å². The largest absolute Gasteiger partial charge is 0.454 e. The second kappa shape index (κ2) is 8.98. The molecule has 0 radical (unpaired) electrons. The Hall–Kier alpha value is -2.70. The minimum atomic E-state index is -0.739. The van der Waals surface area contributed by atoms with E-state index < -0.39 is 24.7 Å². The van der Waals surface area contributed by atoms with Crippen LogP contribution in [0.5, 0.6) is 0 Å². The average molecular weight is 415 g/mol. The van der Waals surface area contributed by atoms with Gasteiger partial charge in [-0.15, -0.1) is 0 Å². The Balaban J connectivity index is 1.57. The van der Waals surface area contributed by atoms with Crippen LogP contribution in [-0.4, -0.2) is 52.2 Å². The molecule has 1 aliphatic heterocycles. The number of esters is 1. The molecule has 1 heterocycles. The van der Waals surface area contributed by atoms with E-state index in [-0.39, 0.29) is 29.6 Å². The molecule has 30 heavy (non-hydrogen) atoms. The first-order valence-corrected chi connectivity index (χ1v) is 10.5. The van der Waals surface area contributed by atoms with Gasteiger partial charge in [0.15, 0.2) is 6.61 Å². The van der Waals surface area contributed by atoms with Gasteiger partial charge in [0.1, 0.15) is 6.54 Å². The van der Waals surface area contributed by atoms with E-state index in [9.17, 15) is 19.2 Å². The maximum atomic E-state index is 12.8. The molecule has 3 rings (SSSR count). The van der Waals surface area contributed by atoms with Crippen molar-refractivity contribution in [3.63, 3.8) is 0 Å². The second-order valence-corrected chi connectivity index (χ2v) is 9.06. The highest BCUT2D eigenvalue weighted by molar-refractivity contribution is 6.07. The number of imide groups is 1. The van der Waals surface area contributed by atoms with Crippen LogP contribution in [0.3, 0.4) is 0 Å². The van der Waals surface area contributed by atoms with Gasteiger partial charge in [-0.05, 0) is 39.2 Å². The Bertz CT molecular complexity index is 791. The first-order valence-electron chi connectivity index (χ1n) is 10.5. The zero-order valence-corrected chi connectivity index (χ0v) is 17.9. The summed E-state index contributed by atoms with van der Waals surface area (Å²) in [6, 6.07) is 9.58. The van der Waals surface area contributed by atoms with E-state index in [1.165, 1.54) is 0 Å². The molecule has 2 atom stereocenters. The van der Waals surface area contributed by atoms with Gasteiger partial charge in [0.05, 0.1) is 11.8 Å². The zero-order valence-electron chi connectivity index (χ0n) is 17.9. The molecule has 0 bridgehead atoms. The quantitative estimate of drug-likeness (QED) is 0.528. The highest BCUT2D eigenvalue weighted by Crippen LogP contribution is 2.37. The molecular formula is C23H30N2O5. The van der Waals surface area contributed by atoms with E-state index in [1.807, 2.05) is 51.1 Å². The Labute approximate surface area is 177 Å². The number of carbonyl (C=O) groups excluding carboxylic acids is 4. The maximum absolute atomic E-state index is 12.8. The van der Waals surface area contributed by atoms with Crippen molar-refractivity contribution in [2.75, 3.05) is 13.2 Å². The number of hydrogen-bond acceptors (Lipinski definition) is 5. The summed E-state index contributed by atoms with van der Waals surface area (Å²) < 4.78 is 5.15. The second-order valence-electron chi connectivity index (χ2n) is 9.06. The predicted molar refractivity (Wildman–Crippen MR) is 110 cm³/mol. The molecule has 1 saturated carbocycles. The predicted octanol–water partition coefficient (Wildman–Crippen LogP) is 2.53. The first-order chi connectivity index (χ1) is 14.2. The summed E-state index contributed by atoms with van der Waals surface area (Å²) in [6.45, 7) is 5.29. The monoisotopic (exact) mass is 414 g/mol. The standard InChI is InChI=1S/C23H30N2O5/c1-23(2,3)25(13-16-9-5-4-6-10-16)19(26)15-30-20(27)14-24-21(28)17-11-7-8-12-18(17)22(24)29/h4-6,9-10,17-18H,7-8,11-15H2,1-3H3. The number of nitrogens with zero attached hydrogens (tertiary/aromatic N) is 2. The number of hydrogen-bond donors (Lipinski definition) is 0. The molecule has 7 heteroatoms. The van der Waals surface area contributed by atoms with Gasteiger partial charge < -0.3 is 9.64 Å². The minimum Gasteiger partial charge on any atom is -0.454 e. The number of benzene rings is 1. The summed E-state index contributed by atoms with van der Waals surface area (Å²) in [6.07, 6.45) is 3.24. The normalized spacial score (nSPS) is 21.4. The third-order valence-electron chi connectivity index (χ3n) is 5.87. The number of ether oxygens (including phenoxy) is 1. The maximum Gasteiger partial charge on any atom is 0.326 e. The molecule has 7 nitrogen and oxygen atoms in total. The SMILES string of the molecule is CC(C)(C)N(Cc1ccccc1)C(=O)COC(=O)CN1C(=O)C2CCCCC2C1=O. The lowest BCUT2D eigenvalue weighted by molar-refractivity contribution is -0.158. The fourth-order valence-corrected chi connectivity index (χ4v) is 4.25. The molecule has 1 aromatic carbocycles. The van der Waals surface area contributed by atoms with Gasteiger partial charge in [-0.3, -0.25) is 24.1 Å². The van der Waals surface area contributed by atoms with Gasteiger partial charge in [-0.1, -0.05) is 43.2 Å². The lowest BCUT2D eigenvalue weighted by Gasteiger charge is -2.35. The molecule has 2 unspecified atom stereocenters. The van der Waals surface area contributed by atoms with E-state index in [4.69, 9.17) is 4.74 Å². The lowest BCUT2D eigenvalue weighted by Crippen LogP contribution is -2.47. The van der Waals surface area contributed by atoms with Gasteiger partial charge in [0, 0.05) is 12.1 Å². The van der Waals surface area contributed by atoms with Crippen molar-refractivity contribution in [1.29, 1.82) is 0 Å². The van der Waals surface area contributed by atoms with Gasteiger partial charge in [0.2, 0.25) is 11.8 Å². The summed E-state index contributed by atoms with van der Waals surface area (Å²) in [7, 11) is 0. The molecule has 1 saturated heterocycles. The molecule has 0 aromatic heterocycles. The van der Waals surface area contributed by atoms with Gasteiger partial charge in [-0.25, -0.2) is 0 Å². The van der Waals surface area contributed by atoms with Crippen molar-refractivity contribution in [3.05, 3.63) is 35.9 Å². The summed E-state index contributed by atoms with van der Waals surface area (Å²) in [5.74, 6) is -2.24. The number of fused-ring (bicyclic) bond motifs is 1. The topological polar surface area (TPSA) is 84.0 Å². The Morgan fingerprint density at radius 2 is 1.60 bits per heavy atom. The van der Waals surface area contributed by atoms with Crippen molar-refractivity contribution in [1.82, 2.24) is 9.80 Å². The van der Waals surface area contributed by atoms with E-state index in [0.29, 0.717) is 19.4 Å². The Morgan fingerprint density at radius 3 is 2.13 bits per heavy atom. The summed E-state index contributed by atoms with van der Waals surface area (Å²) in [5.41, 5.74) is 0.513. The van der Waals surface area contributed by atoms with Crippen LogP contribution in [0, 0.1) is 11.8 Å². The molecule has 2 aliphatic rings. The van der Waals surface area contributed by atoms with E-state index in [1.54, 1.807) is 4.90 Å². The van der Waals surface area contributed by atoms with Crippen molar-refractivity contribution in [2.45, 2.75) is 58.5 Å². The van der Waals surface area contributed by atoms with Crippen LogP contribution >= 0.6 is 0 Å². The molecule has 1 aliphatic carbocycles. The zero-order chi connectivity index (χ0) is 21.9. The third-order valence-corrected chi connectivity index (χ3v) is 5.87. The van der Waals surface area contributed by atoms with E-state index in [2.05, 4.69) is 0 Å². The van der Waals surface area contributed by atoms with Crippen LogP contribution in [0.2, 0.25) is 0 Å². The van der Waals surface area contributed by atoms with E-state index in [0.717, 1.165) is 23.3 Å². The number of carbonyl (C=O) groups is 4. The lowest BCUT2D eigenvalue weighted by atomic mass is 9.81. The fourth-order valence-electron chi connectivity index (χ4n) is 4.25.